The first kappa shape index (κ1) is 14.6. The molecule has 0 N–H and O–H groups in total. The van der Waals surface area contributed by atoms with Gasteiger partial charge >= 0.3 is 0 Å². The van der Waals surface area contributed by atoms with E-state index in [1.807, 2.05) is 12.1 Å². The van der Waals surface area contributed by atoms with E-state index in [4.69, 9.17) is 11.6 Å². The topological polar surface area (TPSA) is 20.3 Å². The van der Waals surface area contributed by atoms with Crippen LogP contribution in [0.5, 0.6) is 0 Å². The second-order valence-corrected chi connectivity index (χ2v) is 6.62. The van der Waals surface area contributed by atoms with Crippen LogP contribution in [0.25, 0.3) is 0 Å². The maximum absolute atomic E-state index is 13.9. The van der Waals surface area contributed by atoms with Gasteiger partial charge in [0.15, 0.2) is 0 Å². The minimum atomic E-state index is -0.655. The lowest BCUT2D eigenvalue weighted by molar-refractivity contribution is -0.120. The van der Waals surface area contributed by atoms with Gasteiger partial charge in [0.1, 0.15) is 11.6 Å². The van der Waals surface area contributed by atoms with Gasteiger partial charge < -0.3 is 4.90 Å². The molecule has 0 spiro atoms. The van der Waals surface area contributed by atoms with Crippen molar-refractivity contribution in [3.05, 3.63) is 64.2 Å². The predicted molar refractivity (Wildman–Crippen MR) is 84.8 cm³/mol. The second kappa shape index (κ2) is 5.03. The Kier molecular flexibility index (Phi) is 3.20. The predicted octanol–water partition coefficient (Wildman–Crippen LogP) is 4.24. The van der Waals surface area contributed by atoms with E-state index in [0.29, 0.717) is 29.2 Å². The quantitative estimate of drug-likeness (QED) is 0.805. The number of carbonyl (C=O) groups is 1. The minimum absolute atomic E-state index is 0.0800. The molecular formula is C18H14ClF2NO. The fourth-order valence-corrected chi connectivity index (χ4v) is 3.54. The zero-order valence-corrected chi connectivity index (χ0v) is 13.0. The summed E-state index contributed by atoms with van der Waals surface area (Å²) in [5, 5.41) is 0.618. The summed E-state index contributed by atoms with van der Waals surface area (Å²) in [6.45, 7) is 0.393. The van der Waals surface area contributed by atoms with E-state index in [0.717, 1.165) is 24.5 Å². The van der Waals surface area contributed by atoms with E-state index in [2.05, 4.69) is 0 Å². The summed E-state index contributed by atoms with van der Waals surface area (Å²) >= 11 is 5.91. The molecule has 5 heteroatoms. The van der Waals surface area contributed by atoms with Crippen LogP contribution in [0.15, 0.2) is 36.4 Å². The molecule has 0 unspecified atom stereocenters. The van der Waals surface area contributed by atoms with Crippen molar-refractivity contribution in [1.29, 1.82) is 0 Å². The van der Waals surface area contributed by atoms with Crippen molar-refractivity contribution in [2.75, 3.05) is 11.4 Å². The van der Waals surface area contributed by atoms with Crippen LogP contribution >= 0.6 is 11.6 Å². The number of hydrogen-bond donors (Lipinski definition) is 0. The molecule has 4 rings (SSSR count). The zero-order chi connectivity index (χ0) is 16.2. The third-order valence-electron chi connectivity index (χ3n) is 4.81. The highest BCUT2D eigenvalue weighted by Crippen LogP contribution is 2.51. The van der Waals surface area contributed by atoms with Gasteiger partial charge in [-0.25, -0.2) is 8.78 Å². The lowest BCUT2D eigenvalue weighted by Crippen LogP contribution is -2.38. The molecule has 1 heterocycles. The highest BCUT2D eigenvalue weighted by Gasteiger charge is 2.54. The van der Waals surface area contributed by atoms with Gasteiger partial charge in [0, 0.05) is 23.2 Å². The van der Waals surface area contributed by atoms with Crippen molar-refractivity contribution < 1.29 is 13.6 Å². The molecule has 23 heavy (non-hydrogen) atoms. The van der Waals surface area contributed by atoms with Crippen LogP contribution < -0.4 is 4.90 Å². The first-order valence-electron chi connectivity index (χ1n) is 7.57. The summed E-state index contributed by atoms with van der Waals surface area (Å²) in [4.78, 5) is 14.6. The van der Waals surface area contributed by atoms with Gasteiger partial charge in [0.25, 0.3) is 0 Å². The normalized spacial score (nSPS) is 18.0. The summed E-state index contributed by atoms with van der Waals surface area (Å²) in [6, 6.07) is 9.37. The number of nitrogens with zero attached hydrogens (tertiary/aromatic N) is 1. The average Bonchev–Trinajstić information content (AvgIpc) is 3.21. The van der Waals surface area contributed by atoms with Gasteiger partial charge in [-0.15, -0.1) is 0 Å². The molecule has 2 aliphatic rings. The van der Waals surface area contributed by atoms with Gasteiger partial charge in [0.2, 0.25) is 5.91 Å². The molecule has 118 valence electrons. The Morgan fingerprint density at radius 1 is 1.13 bits per heavy atom. The van der Waals surface area contributed by atoms with Crippen LogP contribution in [-0.4, -0.2) is 12.5 Å². The Morgan fingerprint density at radius 3 is 2.48 bits per heavy atom. The third-order valence-corrected chi connectivity index (χ3v) is 5.07. The number of rotatable bonds is 2. The van der Waals surface area contributed by atoms with Gasteiger partial charge in [-0.3, -0.25) is 4.79 Å². The summed E-state index contributed by atoms with van der Waals surface area (Å²) in [6.07, 6.45) is 1.91. The Balaban J connectivity index is 1.71. The Hall–Kier alpha value is -1.94. The fourth-order valence-electron chi connectivity index (χ4n) is 3.41. The van der Waals surface area contributed by atoms with Crippen LogP contribution in [0.2, 0.25) is 5.02 Å². The average molecular weight is 334 g/mol. The Labute approximate surface area is 137 Å². The molecule has 0 bridgehead atoms. The van der Waals surface area contributed by atoms with E-state index in [1.54, 1.807) is 12.1 Å². The van der Waals surface area contributed by atoms with Crippen molar-refractivity contribution in [1.82, 2.24) is 0 Å². The maximum atomic E-state index is 13.9. The number of anilines is 1. The van der Waals surface area contributed by atoms with Gasteiger partial charge in [0.05, 0.1) is 11.1 Å². The molecule has 1 saturated carbocycles. The molecule has 0 saturated heterocycles. The second-order valence-electron chi connectivity index (χ2n) is 6.18. The number of hydrogen-bond acceptors (Lipinski definition) is 1. The first-order chi connectivity index (χ1) is 11.0. The molecule has 1 aliphatic carbocycles. The van der Waals surface area contributed by atoms with E-state index >= 15 is 0 Å². The monoisotopic (exact) mass is 333 g/mol. The van der Waals surface area contributed by atoms with Crippen LogP contribution in [0, 0.1) is 11.6 Å². The maximum Gasteiger partial charge on any atom is 0.237 e. The van der Waals surface area contributed by atoms with Crippen molar-refractivity contribution in [3.8, 4) is 0 Å². The van der Waals surface area contributed by atoms with E-state index in [-0.39, 0.29) is 5.91 Å². The van der Waals surface area contributed by atoms with Gasteiger partial charge in [-0.05, 0) is 43.0 Å². The molecular weight excluding hydrogens is 320 g/mol. The summed E-state index contributed by atoms with van der Waals surface area (Å²) in [7, 11) is 0. The SMILES string of the molecule is O=C(N1CCc2c(F)cc(F)cc21)C1(c2ccc(Cl)cc2)CC1. The van der Waals surface area contributed by atoms with Crippen molar-refractivity contribution in [2.24, 2.45) is 0 Å². The van der Waals surface area contributed by atoms with Crippen molar-refractivity contribution in [3.63, 3.8) is 0 Å². The molecule has 1 aliphatic heterocycles. The van der Waals surface area contributed by atoms with Crippen molar-refractivity contribution >= 4 is 23.2 Å². The van der Waals surface area contributed by atoms with E-state index in [9.17, 15) is 13.6 Å². The Morgan fingerprint density at radius 2 is 1.83 bits per heavy atom. The molecule has 2 nitrogen and oxygen atoms in total. The standard InChI is InChI=1S/C18H14ClF2NO/c19-12-3-1-11(2-4-12)18(6-7-18)17(23)22-8-5-14-15(21)9-13(20)10-16(14)22/h1-4,9-10H,5-8H2. The van der Waals surface area contributed by atoms with E-state index < -0.39 is 17.0 Å². The van der Waals surface area contributed by atoms with Gasteiger partial charge in [-0.1, -0.05) is 23.7 Å². The van der Waals surface area contributed by atoms with Crippen LogP contribution in [-0.2, 0) is 16.6 Å². The highest BCUT2D eigenvalue weighted by molar-refractivity contribution is 6.30. The molecule has 1 fully saturated rings. The number of carbonyl (C=O) groups excluding carboxylic acids is 1. The zero-order valence-electron chi connectivity index (χ0n) is 12.3. The molecule has 1 amide bonds. The van der Waals surface area contributed by atoms with Crippen molar-refractivity contribution in [2.45, 2.75) is 24.7 Å². The summed E-state index contributed by atoms with van der Waals surface area (Å²) < 4.78 is 27.4. The van der Waals surface area contributed by atoms with Crippen LogP contribution in [0.1, 0.15) is 24.0 Å². The summed E-state index contributed by atoms with van der Waals surface area (Å²) in [5.41, 5.74) is 1.13. The molecule has 0 radical (unpaired) electrons. The lowest BCUT2D eigenvalue weighted by atomic mass is 9.94. The molecule has 0 aromatic heterocycles. The molecule has 2 aromatic carbocycles. The largest absolute Gasteiger partial charge is 0.311 e. The number of amides is 1. The minimum Gasteiger partial charge on any atom is -0.311 e. The fraction of sp³-hybridized carbons (Fsp3) is 0.278. The first-order valence-corrected chi connectivity index (χ1v) is 7.95. The summed E-state index contributed by atoms with van der Waals surface area (Å²) in [5.74, 6) is -1.31. The smallest absolute Gasteiger partial charge is 0.237 e. The number of benzene rings is 2. The van der Waals surface area contributed by atoms with E-state index in [1.165, 1.54) is 11.0 Å². The van der Waals surface area contributed by atoms with Crippen LogP contribution in [0.4, 0.5) is 14.5 Å². The highest BCUT2D eigenvalue weighted by atomic mass is 35.5. The Bertz CT molecular complexity index is 799. The lowest BCUT2D eigenvalue weighted by Gasteiger charge is -2.24. The number of halogens is 3. The molecule has 0 atom stereocenters. The third kappa shape index (κ3) is 2.24. The van der Waals surface area contributed by atoms with Gasteiger partial charge in [-0.2, -0.15) is 0 Å². The molecule has 2 aromatic rings. The van der Waals surface area contributed by atoms with Crippen LogP contribution in [0.3, 0.4) is 0 Å². The number of fused-ring (bicyclic) bond motifs is 1.